The van der Waals surface area contributed by atoms with Crippen LogP contribution in [0.1, 0.15) is 46.7 Å². The molecule has 0 aromatic heterocycles. The van der Waals surface area contributed by atoms with Crippen LogP contribution in [0.2, 0.25) is 0 Å². The molecule has 3 aromatic rings. The van der Waals surface area contributed by atoms with Crippen LogP contribution in [0.3, 0.4) is 0 Å². The van der Waals surface area contributed by atoms with Crippen LogP contribution in [0.25, 0.3) is 0 Å². The molecule has 3 atom stereocenters. The van der Waals surface area contributed by atoms with Crippen LogP contribution in [0.15, 0.2) is 78.9 Å². The number of imide groups is 1. The van der Waals surface area contributed by atoms with Crippen LogP contribution < -0.4 is 10.2 Å². The summed E-state index contributed by atoms with van der Waals surface area (Å²) in [4.78, 5) is 52.2. The molecule has 5 rings (SSSR count). The van der Waals surface area contributed by atoms with Crippen molar-refractivity contribution in [1.29, 1.82) is 0 Å². The second-order valence-electron chi connectivity index (χ2n) is 9.68. The van der Waals surface area contributed by atoms with Crippen molar-refractivity contribution in [2.45, 2.75) is 32.1 Å². The van der Waals surface area contributed by atoms with Crippen molar-refractivity contribution in [3.8, 4) is 0 Å². The number of nitrogens with zero attached hydrogens (tertiary/aromatic N) is 1. The fourth-order valence-corrected chi connectivity index (χ4v) is 5.26. The van der Waals surface area contributed by atoms with Gasteiger partial charge >= 0.3 is 5.97 Å². The Bertz CT molecular complexity index is 1320. The Labute approximate surface area is 215 Å². The summed E-state index contributed by atoms with van der Waals surface area (Å²) in [6.45, 7) is 1.52. The van der Waals surface area contributed by atoms with E-state index < -0.39 is 18.5 Å². The van der Waals surface area contributed by atoms with Gasteiger partial charge in [-0.2, -0.15) is 0 Å². The first-order valence-electron chi connectivity index (χ1n) is 12.5. The van der Waals surface area contributed by atoms with E-state index in [1.807, 2.05) is 37.3 Å². The van der Waals surface area contributed by atoms with E-state index in [0.717, 1.165) is 12.0 Å². The number of anilines is 2. The molecule has 0 unspecified atom stereocenters. The number of nitrogens with one attached hydrogen (secondary N) is 1. The average Bonchev–Trinajstić information content (AvgIpc) is 3.18. The van der Waals surface area contributed by atoms with Gasteiger partial charge in [0.1, 0.15) is 0 Å². The summed E-state index contributed by atoms with van der Waals surface area (Å²) in [5, 5.41) is 2.67. The lowest BCUT2D eigenvalue weighted by Gasteiger charge is -2.28. The quantitative estimate of drug-likeness (QED) is 0.389. The molecule has 37 heavy (non-hydrogen) atoms. The summed E-state index contributed by atoms with van der Waals surface area (Å²) in [5.74, 6) is -1.84. The third-order valence-corrected chi connectivity index (χ3v) is 7.23. The monoisotopic (exact) mass is 496 g/mol. The van der Waals surface area contributed by atoms with Crippen LogP contribution in [0.4, 0.5) is 11.4 Å². The SMILES string of the molecule is Cc1ccc(NC(=O)COC(=O)c2ccc(N3C(=O)[C@@H]4CC[C@H](c5ccccc5)C[C@H]4C3=O)cc2)cc1. The minimum atomic E-state index is -0.663. The summed E-state index contributed by atoms with van der Waals surface area (Å²) in [6, 6.07) is 23.6. The predicted octanol–water partition coefficient (Wildman–Crippen LogP) is 4.86. The van der Waals surface area contributed by atoms with Gasteiger partial charge in [0.2, 0.25) is 11.8 Å². The van der Waals surface area contributed by atoms with Gasteiger partial charge in [0, 0.05) is 5.69 Å². The molecule has 1 saturated carbocycles. The minimum absolute atomic E-state index is 0.176. The predicted molar refractivity (Wildman–Crippen MR) is 139 cm³/mol. The highest BCUT2D eigenvalue weighted by molar-refractivity contribution is 6.22. The first-order valence-corrected chi connectivity index (χ1v) is 12.5. The van der Waals surface area contributed by atoms with Crippen molar-refractivity contribution in [2.75, 3.05) is 16.8 Å². The van der Waals surface area contributed by atoms with Crippen LogP contribution in [0.5, 0.6) is 0 Å². The van der Waals surface area contributed by atoms with E-state index >= 15 is 0 Å². The molecule has 2 fully saturated rings. The molecular weight excluding hydrogens is 468 g/mol. The van der Waals surface area contributed by atoms with E-state index in [1.54, 1.807) is 24.3 Å². The largest absolute Gasteiger partial charge is 0.452 e. The molecular formula is C30H28N2O5. The number of hydrogen-bond donors (Lipinski definition) is 1. The van der Waals surface area contributed by atoms with Gasteiger partial charge in [0.05, 0.1) is 23.1 Å². The number of rotatable bonds is 6. The Morgan fingerprint density at radius 3 is 2.24 bits per heavy atom. The molecule has 7 nitrogen and oxygen atoms in total. The number of ether oxygens (including phenoxy) is 1. The number of carbonyl (C=O) groups excluding carboxylic acids is 4. The number of carbonyl (C=O) groups is 4. The normalized spacial score (nSPS) is 20.9. The van der Waals surface area contributed by atoms with Crippen molar-refractivity contribution >= 4 is 35.1 Å². The maximum Gasteiger partial charge on any atom is 0.338 e. The maximum atomic E-state index is 13.3. The first-order chi connectivity index (χ1) is 17.9. The lowest BCUT2D eigenvalue weighted by molar-refractivity contribution is -0.122. The smallest absolute Gasteiger partial charge is 0.338 e. The van der Waals surface area contributed by atoms with E-state index in [1.165, 1.54) is 22.6 Å². The molecule has 3 amide bonds. The Balaban J connectivity index is 1.20. The Hall–Kier alpha value is -4.26. The van der Waals surface area contributed by atoms with E-state index in [9.17, 15) is 19.2 Å². The highest BCUT2D eigenvalue weighted by Crippen LogP contribution is 2.45. The van der Waals surface area contributed by atoms with Crippen LogP contribution in [-0.2, 0) is 19.1 Å². The van der Waals surface area contributed by atoms with Gasteiger partial charge in [-0.15, -0.1) is 0 Å². The molecule has 1 heterocycles. The molecule has 2 aliphatic rings. The second-order valence-corrected chi connectivity index (χ2v) is 9.68. The topological polar surface area (TPSA) is 92.8 Å². The van der Waals surface area contributed by atoms with Crippen molar-refractivity contribution in [3.05, 3.63) is 95.6 Å². The van der Waals surface area contributed by atoms with Crippen molar-refractivity contribution in [2.24, 2.45) is 11.8 Å². The van der Waals surface area contributed by atoms with Crippen molar-refractivity contribution in [3.63, 3.8) is 0 Å². The molecule has 1 N–H and O–H groups in total. The molecule has 0 spiro atoms. The molecule has 1 saturated heterocycles. The fraction of sp³-hybridized carbons (Fsp3) is 0.267. The number of esters is 1. The van der Waals surface area contributed by atoms with Crippen molar-refractivity contribution in [1.82, 2.24) is 0 Å². The number of amides is 3. The maximum absolute atomic E-state index is 13.3. The van der Waals surface area contributed by atoms with Crippen LogP contribution >= 0.6 is 0 Å². The van der Waals surface area contributed by atoms with Gasteiger partial charge in [0.25, 0.3) is 5.91 Å². The lowest BCUT2D eigenvalue weighted by Crippen LogP contribution is -2.30. The number of hydrogen-bond acceptors (Lipinski definition) is 5. The highest BCUT2D eigenvalue weighted by Gasteiger charge is 2.50. The zero-order chi connectivity index (χ0) is 25.9. The molecule has 0 radical (unpaired) electrons. The Kier molecular flexibility index (Phi) is 6.86. The first kappa shape index (κ1) is 24.4. The molecule has 1 aliphatic heterocycles. The molecule has 1 aliphatic carbocycles. The number of benzene rings is 3. The summed E-state index contributed by atoms with van der Waals surface area (Å²) < 4.78 is 5.13. The lowest BCUT2D eigenvalue weighted by atomic mass is 9.73. The Morgan fingerprint density at radius 1 is 0.865 bits per heavy atom. The van der Waals surface area contributed by atoms with Crippen molar-refractivity contribution < 1.29 is 23.9 Å². The third-order valence-electron chi connectivity index (χ3n) is 7.23. The summed E-state index contributed by atoms with van der Waals surface area (Å²) in [7, 11) is 0. The molecule has 188 valence electrons. The third kappa shape index (κ3) is 5.16. The zero-order valence-electron chi connectivity index (χ0n) is 20.6. The molecule has 7 heteroatoms. The molecule has 0 bridgehead atoms. The van der Waals surface area contributed by atoms with Gasteiger partial charge in [-0.05, 0) is 74.1 Å². The van der Waals surface area contributed by atoms with Gasteiger partial charge in [0.15, 0.2) is 6.61 Å². The number of aryl methyl sites for hydroxylation is 1. The van der Waals surface area contributed by atoms with Crippen LogP contribution in [0, 0.1) is 18.8 Å². The van der Waals surface area contributed by atoms with E-state index in [4.69, 9.17) is 4.74 Å². The van der Waals surface area contributed by atoms with E-state index in [2.05, 4.69) is 17.4 Å². The second kappa shape index (κ2) is 10.4. The zero-order valence-corrected chi connectivity index (χ0v) is 20.6. The number of fused-ring (bicyclic) bond motifs is 1. The van der Waals surface area contributed by atoms with Gasteiger partial charge < -0.3 is 10.1 Å². The van der Waals surface area contributed by atoms with E-state index in [0.29, 0.717) is 24.2 Å². The minimum Gasteiger partial charge on any atom is -0.452 e. The Morgan fingerprint density at radius 2 is 1.54 bits per heavy atom. The van der Waals surface area contributed by atoms with Crippen LogP contribution in [-0.4, -0.2) is 30.3 Å². The van der Waals surface area contributed by atoms with Gasteiger partial charge in [-0.25, -0.2) is 4.79 Å². The summed E-state index contributed by atoms with van der Waals surface area (Å²) in [6.07, 6.45) is 2.21. The highest BCUT2D eigenvalue weighted by atomic mass is 16.5. The van der Waals surface area contributed by atoms with Gasteiger partial charge in [-0.1, -0.05) is 48.0 Å². The van der Waals surface area contributed by atoms with E-state index in [-0.39, 0.29) is 35.1 Å². The molecule has 3 aromatic carbocycles. The average molecular weight is 497 g/mol. The standard InChI is InChI=1S/C30H28N2O5/c1-19-7-12-23(13-8-19)31-27(33)18-37-30(36)21-9-14-24(15-10-21)32-28(34)25-16-11-22(17-26(25)29(32)35)20-5-3-2-4-6-20/h2-10,12-15,22,25-26H,11,16-18H2,1H3,(H,31,33)/t22-,25+,26+/m0/s1. The van der Waals surface area contributed by atoms with Gasteiger partial charge in [-0.3, -0.25) is 19.3 Å². The summed E-state index contributed by atoms with van der Waals surface area (Å²) >= 11 is 0. The fourth-order valence-electron chi connectivity index (χ4n) is 5.26. The summed E-state index contributed by atoms with van der Waals surface area (Å²) in [5.41, 5.74) is 3.56.